The molecule has 0 N–H and O–H groups in total. The smallest absolute Gasteiger partial charge is 0.236 e. The molecule has 0 bridgehead atoms. The Morgan fingerprint density at radius 2 is 1.95 bits per heavy atom. The number of aldehydes is 1. The van der Waals surface area contributed by atoms with Gasteiger partial charge >= 0.3 is 0 Å². The third-order valence-electron chi connectivity index (χ3n) is 3.20. The Hall–Kier alpha value is -1.46. The van der Waals surface area contributed by atoms with Gasteiger partial charge in [-0.15, -0.1) is 0 Å². The SMILES string of the molecule is O=CC1CCCN(S(=O)(=O)C=Cc2ccccc2)C1. The minimum Gasteiger partial charge on any atom is -0.303 e. The highest BCUT2D eigenvalue weighted by Crippen LogP contribution is 2.19. The molecule has 0 spiro atoms. The standard InChI is InChI=1S/C14H17NO3S/c16-12-14-7-4-9-15(11-14)19(17,18)10-8-13-5-2-1-3-6-13/h1-3,5-6,8,10,12,14H,4,7,9,11H2. The summed E-state index contributed by atoms with van der Waals surface area (Å²) in [4.78, 5) is 10.8. The van der Waals surface area contributed by atoms with Crippen LogP contribution in [-0.2, 0) is 14.8 Å². The average Bonchev–Trinajstić information content (AvgIpc) is 2.46. The maximum atomic E-state index is 12.1. The molecule has 0 radical (unpaired) electrons. The summed E-state index contributed by atoms with van der Waals surface area (Å²) in [6.45, 7) is 0.788. The zero-order chi connectivity index (χ0) is 13.7. The molecule has 1 aliphatic heterocycles. The number of hydrogen-bond acceptors (Lipinski definition) is 3. The summed E-state index contributed by atoms with van der Waals surface area (Å²) in [6.07, 6.45) is 3.95. The predicted octanol–water partition coefficient (Wildman–Crippen LogP) is 1.90. The Bertz CT molecular complexity index is 551. The Balaban J connectivity index is 2.10. The number of hydrogen-bond donors (Lipinski definition) is 0. The second-order valence-corrected chi connectivity index (χ2v) is 6.47. The highest BCUT2D eigenvalue weighted by atomic mass is 32.2. The van der Waals surface area contributed by atoms with Gasteiger partial charge in [0.1, 0.15) is 6.29 Å². The van der Waals surface area contributed by atoms with E-state index in [-0.39, 0.29) is 5.92 Å². The van der Waals surface area contributed by atoms with Crippen molar-refractivity contribution in [3.63, 3.8) is 0 Å². The molecule has 1 saturated heterocycles. The first-order valence-electron chi connectivity index (χ1n) is 6.30. The monoisotopic (exact) mass is 279 g/mol. The topological polar surface area (TPSA) is 54.5 Å². The van der Waals surface area contributed by atoms with Crippen LogP contribution in [0.2, 0.25) is 0 Å². The molecule has 2 rings (SSSR count). The Labute approximate surface area is 113 Å². The lowest BCUT2D eigenvalue weighted by Gasteiger charge is -2.28. The van der Waals surface area contributed by atoms with E-state index in [4.69, 9.17) is 0 Å². The van der Waals surface area contributed by atoms with E-state index < -0.39 is 10.0 Å². The molecule has 0 saturated carbocycles. The van der Waals surface area contributed by atoms with E-state index in [1.165, 1.54) is 9.71 Å². The molecule has 1 atom stereocenters. The summed E-state index contributed by atoms with van der Waals surface area (Å²) >= 11 is 0. The summed E-state index contributed by atoms with van der Waals surface area (Å²) in [7, 11) is -3.43. The van der Waals surface area contributed by atoms with Gasteiger partial charge in [0.2, 0.25) is 10.0 Å². The maximum Gasteiger partial charge on any atom is 0.236 e. The fraction of sp³-hybridized carbons (Fsp3) is 0.357. The molecule has 1 unspecified atom stereocenters. The molecule has 1 aromatic carbocycles. The molecule has 5 heteroatoms. The zero-order valence-corrected chi connectivity index (χ0v) is 11.4. The van der Waals surface area contributed by atoms with E-state index >= 15 is 0 Å². The van der Waals surface area contributed by atoms with Crippen molar-refractivity contribution < 1.29 is 13.2 Å². The van der Waals surface area contributed by atoms with Gasteiger partial charge in [-0.2, -0.15) is 4.31 Å². The van der Waals surface area contributed by atoms with E-state index in [1.807, 2.05) is 30.3 Å². The molecule has 4 nitrogen and oxygen atoms in total. The third-order valence-corrected chi connectivity index (χ3v) is 4.74. The maximum absolute atomic E-state index is 12.1. The van der Waals surface area contributed by atoms with Crippen molar-refractivity contribution >= 4 is 22.4 Å². The van der Waals surface area contributed by atoms with Crippen molar-refractivity contribution in [2.24, 2.45) is 5.92 Å². The predicted molar refractivity (Wildman–Crippen MR) is 74.8 cm³/mol. The molecule has 1 heterocycles. The molecular weight excluding hydrogens is 262 g/mol. The first-order chi connectivity index (χ1) is 9.12. The van der Waals surface area contributed by atoms with Crippen molar-refractivity contribution in [3.8, 4) is 0 Å². The lowest BCUT2D eigenvalue weighted by atomic mass is 10.0. The van der Waals surface area contributed by atoms with Gasteiger partial charge in [0.15, 0.2) is 0 Å². The lowest BCUT2D eigenvalue weighted by molar-refractivity contribution is -0.112. The molecular formula is C14H17NO3S. The fourth-order valence-corrected chi connectivity index (χ4v) is 3.42. The molecule has 0 amide bonds. The third kappa shape index (κ3) is 3.75. The Kier molecular flexibility index (Phi) is 4.50. The van der Waals surface area contributed by atoms with E-state index in [2.05, 4.69) is 0 Å². The summed E-state index contributed by atoms with van der Waals surface area (Å²) in [5, 5.41) is 1.22. The summed E-state index contributed by atoms with van der Waals surface area (Å²) in [5.41, 5.74) is 0.843. The van der Waals surface area contributed by atoms with E-state index in [0.29, 0.717) is 13.1 Å². The number of carbonyl (C=O) groups excluding carboxylic acids is 1. The van der Waals surface area contributed by atoms with E-state index in [0.717, 1.165) is 24.7 Å². The first kappa shape index (κ1) is 14.0. The Morgan fingerprint density at radius 1 is 1.21 bits per heavy atom. The average molecular weight is 279 g/mol. The van der Waals surface area contributed by atoms with Gasteiger partial charge < -0.3 is 4.79 Å². The minimum absolute atomic E-state index is 0.173. The van der Waals surface area contributed by atoms with Gasteiger partial charge in [0, 0.05) is 24.4 Å². The normalized spacial score (nSPS) is 21.6. The van der Waals surface area contributed by atoms with Crippen LogP contribution in [-0.4, -0.2) is 32.1 Å². The van der Waals surface area contributed by atoms with Gasteiger partial charge in [0.25, 0.3) is 0 Å². The minimum atomic E-state index is -3.43. The van der Waals surface area contributed by atoms with Crippen molar-refractivity contribution in [1.82, 2.24) is 4.31 Å². The quantitative estimate of drug-likeness (QED) is 0.791. The number of rotatable bonds is 4. The van der Waals surface area contributed by atoms with Gasteiger partial charge in [-0.25, -0.2) is 8.42 Å². The van der Waals surface area contributed by atoms with Crippen molar-refractivity contribution in [1.29, 1.82) is 0 Å². The van der Waals surface area contributed by atoms with Gasteiger partial charge in [-0.1, -0.05) is 30.3 Å². The zero-order valence-electron chi connectivity index (χ0n) is 10.6. The summed E-state index contributed by atoms with van der Waals surface area (Å²) < 4.78 is 25.7. The largest absolute Gasteiger partial charge is 0.303 e. The molecule has 1 fully saturated rings. The number of sulfonamides is 1. The van der Waals surface area contributed by atoms with Crippen LogP contribution in [0.4, 0.5) is 0 Å². The van der Waals surface area contributed by atoms with Crippen molar-refractivity contribution in [3.05, 3.63) is 41.3 Å². The van der Waals surface area contributed by atoms with Gasteiger partial charge in [0.05, 0.1) is 0 Å². The molecule has 0 aromatic heterocycles. The molecule has 19 heavy (non-hydrogen) atoms. The van der Waals surface area contributed by atoms with Gasteiger partial charge in [-0.3, -0.25) is 0 Å². The summed E-state index contributed by atoms with van der Waals surface area (Å²) in [6, 6.07) is 9.28. The van der Waals surface area contributed by atoms with Crippen LogP contribution >= 0.6 is 0 Å². The van der Waals surface area contributed by atoms with Crippen LogP contribution in [0.5, 0.6) is 0 Å². The highest BCUT2D eigenvalue weighted by Gasteiger charge is 2.26. The number of benzene rings is 1. The lowest BCUT2D eigenvalue weighted by Crippen LogP contribution is -2.39. The number of nitrogens with zero attached hydrogens (tertiary/aromatic N) is 1. The second kappa shape index (κ2) is 6.12. The second-order valence-electron chi connectivity index (χ2n) is 4.65. The fourth-order valence-electron chi connectivity index (χ4n) is 2.13. The van der Waals surface area contributed by atoms with E-state index in [1.54, 1.807) is 6.08 Å². The van der Waals surface area contributed by atoms with Gasteiger partial charge in [-0.05, 0) is 24.5 Å². The van der Waals surface area contributed by atoms with E-state index in [9.17, 15) is 13.2 Å². The van der Waals surface area contributed by atoms with Crippen LogP contribution in [0, 0.1) is 5.92 Å². The van der Waals surface area contributed by atoms with Crippen LogP contribution in [0.3, 0.4) is 0 Å². The highest BCUT2D eigenvalue weighted by molar-refractivity contribution is 7.92. The number of piperidine rings is 1. The molecule has 1 aliphatic rings. The molecule has 102 valence electrons. The van der Waals surface area contributed by atoms with Crippen LogP contribution in [0.15, 0.2) is 35.7 Å². The van der Waals surface area contributed by atoms with Crippen LogP contribution in [0.25, 0.3) is 6.08 Å². The Morgan fingerprint density at radius 3 is 2.63 bits per heavy atom. The summed E-state index contributed by atoms with van der Waals surface area (Å²) in [5.74, 6) is -0.173. The van der Waals surface area contributed by atoms with Crippen molar-refractivity contribution in [2.75, 3.05) is 13.1 Å². The molecule has 1 aromatic rings. The first-order valence-corrected chi connectivity index (χ1v) is 7.81. The van der Waals surface area contributed by atoms with Crippen LogP contribution < -0.4 is 0 Å². The number of carbonyl (C=O) groups is 1. The molecule has 0 aliphatic carbocycles. The van der Waals surface area contributed by atoms with Crippen LogP contribution in [0.1, 0.15) is 18.4 Å². The van der Waals surface area contributed by atoms with Crippen molar-refractivity contribution in [2.45, 2.75) is 12.8 Å².